The highest BCUT2D eigenvalue weighted by atomic mass is 32.1. The van der Waals surface area contributed by atoms with Crippen LogP contribution in [0.1, 0.15) is 23.6 Å². The number of carbonyl (C=O) groups excluding carboxylic acids is 1. The zero-order chi connectivity index (χ0) is 14.1. The number of nitrogens with one attached hydrogen (secondary N) is 1. The molecule has 20 heavy (non-hydrogen) atoms. The highest BCUT2D eigenvalue weighted by molar-refractivity contribution is 7.07. The van der Waals surface area contributed by atoms with Crippen molar-refractivity contribution in [3.63, 3.8) is 0 Å². The highest BCUT2D eigenvalue weighted by Gasteiger charge is 2.29. The normalized spacial score (nSPS) is 17.3. The van der Waals surface area contributed by atoms with Crippen LogP contribution in [0.4, 0.5) is 5.69 Å². The van der Waals surface area contributed by atoms with Crippen molar-refractivity contribution in [2.75, 3.05) is 19.5 Å². The van der Waals surface area contributed by atoms with Gasteiger partial charge in [0.25, 0.3) is 0 Å². The Hall–Kier alpha value is -2.08. The van der Waals surface area contributed by atoms with Gasteiger partial charge in [0.1, 0.15) is 0 Å². The van der Waals surface area contributed by atoms with Gasteiger partial charge >= 0.3 is 0 Å². The molecule has 0 saturated carbocycles. The maximum absolute atomic E-state index is 11.9. The summed E-state index contributed by atoms with van der Waals surface area (Å²) in [6, 6.07) is 3.71. The Morgan fingerprint density at radius 2 is 2.05 bits per heavy atom. The lowest BCUT2D eigenvalue weighted by Crippen LogP contribution is -2.23. The summed E-state index contributed by atoms with van der Waals surface area (Å²) in [5.41, 5.74) is 4.46. The number of aromatic nitrogens is 1. The summed E-state index contributed by atoms with van der Waals surface area (Å²) >= 11 is 1.53. The second kappa shape index (κ2) is 5.13. The highest BCUT2D eigenvalue weighted by Crippen LogP contribution is 2.42. The number of nitrogens with zero attached hydrogens (tertiary/aromatic N) is 1. The van der Waals surface area contributed by atoms with E-state index in [4.69, 9.17) is 9.47 Å². The van der Waals surface area contributed by atoms with Gasteiger partial charge in [0, 0.05) is 29.5 Å². The number of carbonyl (C=O) groups is 1. The molecule has 0 radical (unpaired) electrons. The number of hydrogen-bond acceptors (Lipinski definition) is 5. The van der Waals surface area contributed by atoms with Gasteiger partial charge in [0.15, 0.2) is 11.5 Å². The number of benzene rings is 1. The molecular weight excluding hydrogens is 276 g/mol. The van der Waals surface area contributed by atoms with Crippen LogP contribution >= 0.6 is 11.3 Å². The second-order valence-electron chi connectivity index (χ2n) is 4.51. The molecule has 1 aromatic heterocycles. The minimum atomic E-state index is -0.0372. The van der Waals surface area contributed by atoms with Gasteiger partial charge in [-0.2, -0.15) is 0 Å². The zero-order valence-corrected chi connectivity index (χ0v) is 12.0. The largest absolute Gasteiger partial charge is 0.493 e. The Balaban J connectivity index is 2.13. The molecule has 0 aliphatic carbocycles. The monoisotopic (exact) mass is 290 g/mol. The van der Waals surface area contributed by atoms with E-state index in [2.05, 4.69) is 10.3 Å². The molecule has 0 saturated heterocycles. The molecule has 0 spiro atoms. The number of anilines is 1. The molecule has 1 aliphatic rings. The quantitative estimate of drug-likeness (QED) is 0.944. The average Bonchev–Trinajstić information content (AvgIpc) is 2.98. The van der Waals surface area contributed by atoms with Gasteiger partial charge in [-0.15, -0.1) is 11.3 Å². The number of hydrogen-bond donors (Lipinski definition) is 1. The molecule has 5 nitrogen and oxygen atoms in total. The first-order valence-electron chi connectivity index (χ1n) is 6.16. The van der Waals surface area contributed by atoms with E-state index in [-0.39, 0.29) is 11.8 Å². The van der Waals surface area contributed by atoms with Crippen molar-refractivity contribution < 1.29 is 14.3 Å². The molecule has 1 aliphatic heterocycles. The fraction of sp³-hybridized carbons (Fsp3) is 0.286. The Morgan fingerprint density at radius 1 is 1.30 bits per heavy atom. The van der Waals surface area contributed by atoms with E-state index >= 15 is 0 Å². The molecule has 3 rings (SSSR count). The van der Waals surface area contributed by atoms with E-state index in [1.807, 2.05) is 11.4 Å². The first-order valence-corrected chi connectivity index (χ1v) is 7.11. The molecule has 0 bridgehead atoms. The van der Waals surface area contributed by atoms with Gasteiger partial charge < -0.3 is 14.8 Å². The fourth-order valence-electron chi connectivity index (χ4n) is 2.45. The lowest BCUT2D eigenvalue weighted by molar-refractivity contribution is -0.116. The van der Waals surface area contributed by atoms with Gasteiger partial charge in [-0.25, -0.2) is 4.98 Å². The van der Waals surface area contributed by atoms with Crippen molar-refractivity contribution in [1.82, 2.24) is 4.98 Å². The standard InChI is InChI=1S/C14H14N2O3S/c1-18-12-3-8-9(11-6-20-7-15-11)4-14(17)16-10(8)5-13(12)19-2/h3,5-7,9H,4H2,1-2H3,(H,16,17). The van der Waals surface area contributed by atoms with Crippen LogP contribution in [0, 0.1) is 0 Å². The Kier molecular flexibility index (Phi) is 3.31. The fourth-order valence-corrected chi connectivity index (χ4v) is 3.05. The number of amides is 1. The third-order valence-corrected chi connectivity index (χ3v) is 4.01. The number of rotatable bonds is 3. The van der Waals surface area contributed by atoms with Crippen LogP contribution in [0.15, 0.2) is 23.0 Å². The first kappa shape index (κ1) is 12.9. The summed E-state index contributed by atoms with van der Waals surface area (Å²) in [5.74, 6) is 1.21. The molecule has 1 N–H and O–H groups in total. The predicted octanol–water partition coefficient (Wildman–Crippen LogP) is 2.63. The van der Waals surface area contributed by atoms with Crippen LogP contribution in [0.3, 0.4) is 0 Å². The molecule has 6 heteroatoms. The summed E-state index contributed by atoms with van der Waals surface area (Å²) in [7, 11) is 3.18. The Bertz CT molecular complexity index is 640. The SMILES string of the molecule is COc1cc2c(cc1OC)C(c1cscn1)CC(=O)N2. The molecular formula is C14H14N2O3S. The van der Waals surface area contributed by atoms with Gasteiger partial charge in [-0.05, 0) is 11.6 Å². The number of methoxy groups -OCH3 is 2. The minimum Gasteiger partial charge on any atom is -0.493 e. The number of ether oxygens (including phenoxy) is 2. The summed E-state index contributed by atoms with van der Waals surface area (Å²) in [6.07, 6.45) is 0.395. The summed E-state index contributed by atoms with van der Waals surface area (Å²) in [4.78, 5) is 16.2. The van der Waals surface area contributed by atoms with Crippen molar-refractivity contribution in [2.24, 2.45) is 0 Å². The molecule has 0 fully saturated rings. The van der Waals surface area contributed by atoms with Crippen LogP contribution in [0.25, 0.3) is 0 Å². The number of fused-ring (bicyclic) bond motifs is 1. The van der Waals surface area contributed by atoms with E-state index in [1.165, 1.54) is 11.3 Å². The van der Waals surface area contributed by atoms with E-state index in [0.29, 0.717) is 17.9 Å². The third kappa shape index (κ3) is 2.12. The van der Waals surface area contributed by atoms with Crippen molar-refractivity contribution in [1.29, 1.82) is 0 Å². The Labute approximate surface area is 120 Å². The summed E-state index contributed by atoms with van der Waals surface area (Å²) in [6.45, 7) is 0. The van der Waals surface area contributed by atoms with Crippen molar-refractivity contribution in [3.8, 4) is 11.5 Å². The number of thiazole rings is 1. The van der Waals surface area contributed by atoms with Crippen LogP contribution in [0.2, 0.25) is 0 Å². The lowest BCUT2D eigenvalue weighted by atomic mass is 9.88. The maximum atomic E-state index is 11.9. The van der Waals surface area contributed by atoms with Crippen molar-refractivity contribution in [3.05, 3.63) is 34.3 Å². The molecule has 2 heterocycles. The molecule has 1 aromatic carbocycles. The average molecular weight is 290 g/mol. The zero-order valence-electron chi connectivity index (χ0n) is 11.2. The van der Waals surface area contributed by atoms with E-state index in [9.17, 15) is 4.79 Å². The summed E-state index contributed by atoms with van der Waals surface area (Å²) < 4.78 is 10.6. The molecule has 1 unspecified atom stereocenters. The molecule has 1 atom stereocenters. The van der Waals surface area contributed by atoms with E-state index < -0.39 is 0 Å². The smallest absolute Gasteiger partial charge is 0.225 e. The van der Waals surface area contributed by atoms with Crippen LogP contribution < -0.4 is 14.8 Å². The van der Waals surface area contributed by atoms with Gasteiger partial charge in [0.2, 0.25) is 5.91 Å². The van der Waals surface area contributed by atoms with E-state index in [0.717, 1.165) is 16.9 Å². The predicted molar refractivity (Wildman–Crippen MR) is 76.7 cm³/mol. The Morgan fingerprint density at radius 3 is 2.70 bits per heavy atom. The van der Waals surface area contributed by atoms with Crippen molar-refractivity contribution >= 4 is 22.9 Å². The van der Waals surface area contributed by atoms with Crippen LogP contribution in [-0.4, -0.2) is 25.1 Å². The third-order valence-electron chi connectivity index (χ3n) is 3.40. The van der Waals surface area contributed by atoms with Crippen LogP contribution in [-0.2, 0) is 4.79 Å². The molecule has 1 amide bonds. The van der Waals surface area contributed by atoms with Crippen LogP contribution in [0.5, 0.6) is 11.5 Å². The van der Waals surface area contributed by atoms with Gasteiger partial charge in [0.05, 0.1) is 25.4 Å². The van der Waals surface area contributed by atoms with Gasteiger partial charge in [-0.3, -0.25) is 4.79 Å². The second-order valence-corrected chi connectivity index (χ2v) is 5.23. The first-order chi connectivity index (χ1) is 9.72. The molecule has 2 aromatic rings. The maximum Gasteiger partial charge on any atom is 0.225 e. The van der Waals surface area contributed by atoms with Crippen molar-refractivity contribution in [2.45, 2.75) is 12.3 Å². The van der Waals surface area contributed by atoms with E-state index in [1.54, 1.807) is 25.8 Å². The van der Waals surface area contributed by atoms with Gasteiger partial charge in [-0.1, -0.05) is 0 Å². The topological polar surface area (TPSA) is 60.5 Å². The minimum absolute atomic E-state index is 0.0114. The summed E-state index contributed by atoms with van der Waals surface area (Å²) in [5, 5.41) is 4.85. The lowest BCUT2D eigenvalue weighted by Gasteiger charge is -2.25. The molecule has 104 valence electrons.